The highest BCUT2D eigenvalue weighted by atomic mass is 16.3. The van der Waals surface area contributed by atoms with Gasteiger partial charge in [-0.15, -0.1) is 0 Å². The summed E-state index contributed by atoms with van der Waals surface area (Å²) in [5.41, 5.74) is 2.19. The molecule has 1 aliphatic carbocycles. The van der Waals surface area contributed by atoms with Gasteiger partial charge in [-0.05, 0) is 44.7 Å². The van der Waals surface area contributed by atoms with Crippen LogP contribution in [0.5, 0.6) is 0 Å². The van der Waals surface area contributed by atoms with E-state index in [0.717, 1.165) is 44.3 Å². The molecule has 1 aromatic carbocycles. The van der Waals surface area contributed by atoms with Crippen molar-refractivity contribution in [1.82, 2.24) is 9.80 Å². The second kappa shape index (κ2) is 7.02. The molecular weight excluding hydrogens is 288 g/mol. The van der Waals surface area contributed by atoms with Gasteiger partial charge in [-0.1, -0.05) is 29.8 Å². The lowest BCUT2D eigenvalue weighted by Gasteiger charge is -2.31. The number of nitrogens with zero attached hydrogens (tertiary/aromatic N) is 2. The van der Waals surface area contributed by atoms with Crippen molar-refractivity contribution < 1.29 is 9.90 Å². The van der Waals surface area contributed by atoms with Gasteiger partial charge in [-0.2, -0.15) is 0 Å². The van der Waals surface area contributed by atoms with Gasteiger partial charge in [0.25, 0.3) is 0 Å². The third kappa shape index (κ3) is 4.12. The molecule has 1 amide bonds. The Labute approximate surface area is 139 Å². The zero-order valence-corrected chi connectivity index (χ0v) is 14.2. The number of carbonyl (C=O) groups excluding carboxylic acids is 1. The van der Waals surface area contributed by atoms with Gasteiger partial charge in [0.15, 0.2) is 0 Å². The van der Waals surface area contributed by atoms with Crippen LogP contribution < -0.4 is 0 Å². The number of aryl methyl sites for hydroxylation is 1. The number of aliphatic hydroxyl groups is 1. The van der Waals surface area contributed by atoms with Crippen molar-refractivity contribution in [2.45, 2.75) is 57.7 Å². The van der Waals surface area contributed by atoms with E-state index in [9.17, 15) is 9.90 Å². The van der Waals surface area contributed by atoms with Crippen LogP contribution in [0.2, 0.25) is 0 Å². The zero-order chi connectivity index (χ0) is 16.4. The van der Waals surface area contributed by atoms with Gasteiger partial charge in [0.05, 0.1) is 6.10 Å². The molecule has 0 aromatic heterocycles. The molecule has 0 unspecified atom stereocenters. The largest absolute Gasteiger partial charge is 0.387 e. The average Bonchev–Trinajstić information content (AvgIpc) is 3.26. The third-order valence-electron chi connectivity index (χ3n) is 5.17. The Morgan fingerprint density at radius 1 is 1.30 bits per heavy atom. The second-order valence-electron chi connectivity index (χ2n) is 7.12. The van der Waals surface area contributed by atoms with E-state index in [1.807, 2.05) is 29.2 Å². The highest BCUT2D eigenvalue weighted by Crippen LogP contribution is 2.30. The highest BCUT2D eigenvalue weighted by molar-refractivity contribution is 5.74. The van der Waals surface area contributed by atoms with E-state index in [4.69, 9.17) is 0 Å². The lowest BCUT2D eigenvalue weighted by Crippen LogP contribution is -2.44. The number of carbonyl (C=O) groups is 1. The molecule has 0 bridgehead atoms. The van der Waals surface area contributed by atoms with Crippen molar-refractivity contribution in [3.05, 3.63) is 35.4 Å². The smallest absolute Gasteiger partial charge is 0.219 e. The molecule has 1 N–H and O–H groups in total. The predicted octanol–water partition coefficient (Wildman–Crippen LogP) is 2.50. The average molecular weight is 316 g/mol. The molecule has 1 saturated carbocycles. The first-order valence-corrected chi connectivity index (χ1v) is 8.80. The summed E-state index contributed by atoms with van der Waals surface area (Å²) in [5, 5.41) is 10.5. The first kappa shape index (κ1) is 16.5. The van der Waals surface area contributed by atoms with Gasteiger partial charge in [0, 0.05) is 32.1 Å². The van der Waals surface area contributed by atoms with Crippen molar-refractivity contribution >= 4 is 5.91 Å². The summed E-state index contributed by atoms with van der Waals surface area (Å²) in [5.74, 6) is 0.193. The van der Waals surface area contributed by atoms with Crippen LogP contribution in [-0.4, -0.2) is 52.5 Å². The Morgan fingerprint density at radius 3 is 2.61 bits per heavy atom. The fraction of sp³-hybridized carbons (Fsp3) is 0.632. The minimum absolute atomic E-state index is 0.193. The minimum atomic E-state index is -0.456. The Kier molecular flexibility index (Phi) is 5.02. The summed E-state index contributed by atoms with van der Waals surface area (Å²) in [7, 11) is 0. The lowest BCUT2D eigenvalue weighted by molar-refractivity contribution is -0.130. The van der Waals surface area contributed by atoms with E-state index in [0.29, 0.717) is 18.6 Å². The Bertz CT molecular complexity index is 539. The summed E-state index contributed by atoms with van der Waals surface area (Å²) in [6.45, 7) is 6.23. The third-order valence-corrected chi connectivity index (χ3v) is 5.17. The van der Waals surface area contributed by atoms with Crippen molar-refractivity contribution in [1.29, 1.82) is 0 Å². The SMILES string of the molecule is CC(=O)N(C[C@H]1CCCN1C[C@H](O)c1ccc(C)cc1)C1CC1. The molecule has 0 radical (unpaired) electrons. The molecule has 3 rings (SSSR count). The molecule has 126 valence electrons. The maximum atomic E-state index is 11.9. The van der Waals surface area contributed by atoms with Crippen LogP contribution in [-0.2, 0) is 4.79 Å². The minimum Gasteiger partial charge on any atom is -0.387 e. The van der Waals surface area contributed by atoms with Gasteiger partial charge in [0.2, 0.25) is 5.91 Å². The van der Waals surface area contributed by atoms with Crippen molar-refractivity contribution in [3.8, 4) is 0 Å². The molecule has 0 spiro atoms. The fourth-order valence-corrected chi connectivity index (χ4v) is 3.61. The van der Waals surface area contributed by atoms with Gasteiger partial charge in [-0.25, -0.2) is 0 Å². The topological polar surface area (TPSA) is 43.8 Å². The number of rotatable bonds is 6. The van der Waals surface area contributed by atoms with E-state index in [-0.39, 0.29) is 5.91 Å². The van der Waals surface area contributed by atoms with Crippen LogP contribution in [0, 0.1) is 6.92 Å². The molecular formula is C19H28N2O2. The van der Waals surface area contributed by atoms with E-state index >= 15 is 0 Å². The highest BCUT2D eigenvalue weighted by Gasteiger charge is 2.35. The number of hydrogen-bond acceptors (Lipinski definition) is 3. The number of likely N-dealkylation sites (tertiary alicyclic amines) is 1. The van der Waals surface area contributed by atoms with Crippen LogP contribution in [0.1, 0.15) is 49.8 Å². The number of benzene rings is 1. The van der Waals surface area contributed by atoms with Crippen LogP contribution >= 0.6 is 0 Å². The lowest BCUT2D eigenvalue weighted by atomic mass is 10.1. The molecule has 23 heavy (non-hydrogen) atoms. The zero-order valence-electron chi connectivity index (χ0n) is 14.2. The Morgan fingerprint density at radius 2 is 2.00 bits per heavy atom. The summed E-state index contributed by atoms with van der Waals surface area (Å²) in [6, 6.07) is 8.97. The normalized spacial score (nSPS) is 23.0. The summed E-state index contributed by atoms with van der Waals surface area (Å²) >= 11 is 0. The number of hydrogen-bond donors (Lipinski definition) is 1. The van der Waals surface area contributed by atoms with Crippen LogP contribution in [0.4, 0.5) is 0 Å². The summed E-state index contributed by atoms with van der Waals surface area (Å²) < 4.78 is 0. The molecule has 2 aliphatic rings. The number of β-amino-alcohol motifs (C(OH)–C–C–N with tert-alkyl or cyclic N) is 1. The Balaban J connectivity index is 1.59. The van der Waals surface area contributed by atoms with Gasteiger partial charge < -0.3 is 10.0 Å². The van der Waals surface area contributed by atoms with E-state index in [2.05, 4.69) is 11.8 Å². The van der Waals surface area contributed by atoms with E-state index in [1.54, 1.807) is 6.92 Å². The van der Waals surface area contributed by atoms with E-state index in [1.165, 1.54) is 5.56 Å². The van der Waals surface area contributed by atoms with Gasteiger partial charge >= 0.3 is 0 Å². The molecule has 1 heterocycles. The van der Waals surface area contributed by atoms with Crippen LogP contribution in [0.3, 0.4) is 0 Å². The van der Waals surface area contributed by atoms with Gasteiger partial charge in [0.1, 0.15) is 0 Å². The molecule has 4 nitrogen and oxygen atoms in total. The maximum Gasteiger partial charge on any atom is 0.219 e. The predicted molar refractivity (Wildman–Crippen MR) is 91.1 cm³/mol. The van der Waals surface area contributed by atoms with Crippen molar-refractivity contribution in [2.75, 3.05) is 19.6 Å². The molecule has 2 fully saturated rings. The van der Waals surface area contributed by atoms with Gasteiger partial charge in [-0.3, -0.25) is 9.69 Å². The van der Waals surface area contributed by atoms with Crippen molar-refractivity contribution in [3.63, 3.8) is 0 Å². The number of aliphatic hydroxyl groups excluding tert-OH is 1. The molecule has 1 aliphatic heterocycles. The molecule has 1 aromatic rings. The fourth-order valence-electron chi connectivity index (χ4n) is 3.61. The van der Waals surface area contributed by atoms with E-state index < -0.39 is 6.10 Å². The summed E-state index contributed by atoms with van der Waals surface area (Å²) in [6.07, 6.45) is 4.12. The quantitative estimate of drug-likeness (QED) is 0.877. The first-order chi connectivity index (χ1) is 11.0. The Hall–Kier alpha value is -1.39. The van der Waals surface area contributed by atoms with Crippen LogP contribution in [0.15, 0.2) is 24.3 Å². The molecule has 2 atom stereocenters. The number of amides is 1. The van der Waals surface area contributed by atoms with Crippen LogP contribution in [0.25, 0.3) is 0 Å². The summed E-state index contributed by atoms with van der Waals surface area (Å²) in [4.78, 5) is 16.3. The second-order valence-corrected chi connectivity index (χ2v) is 7.12. The monoisotopic (exact) mass is 316 g/mol. The molecule has 4 heteroatoms. The molecule has 1 saturated heterocycles. The van der Waals surface area contributed by atoms with Crippen molar-refractivity contribution in [2.24, 2.45) is 0 Å². The standard InChI is InChI=1S/C19H28N2O2/c1-14-5-7-16(8-6-14)19(23)13-20-11-3-4-18(20)12-21(15(2)22)17-9-10-17/h5-8,17-19,23H,3-4,9-13H2,1-2H3/t18-,19+/m1/s1. The maximum absolute atomic E-state index is 11.9. The first-order valence-electron chi connectivity index (χ1n) is 8.80.